The number of hydrazine groups is 1. The first-order valence-corrected chi connectivity index (χ1v) is 7.45. The Morgan fingerprint density at radius 3 is 2.30 bits per heavy atom. The van der Waals surface area contributed by atoms with Crippen LogP contribution >= 0.6 is 31.9 Å². The molecule has 2 rings (SSSR count). The zero-order valence-electron chi connectivity index (χ0n) is 10.3. The second-order valence-electron chi connectivity index (χ2n) is 4.30. The number of halogens is 4. The molecule has 1 unspecified atom stereocenters. The third-order valence-corrected chi connectivity index (χ3v) is 4.16. The standard InChI is InChI=1S/C14H12Br2F2N2/c15-9-3-1-8(2-4-9)13(20-19)7-10-12(17)6-5-11(16)14(10)18/h1-6,13,20H,7,19H2. The van der Waals surface area contributed by atoms with Gasteiger partial charge in [-0.05, 0) is 52.2 Å². The van der Waals surface area contributed by atoms with Crippen molar-refractivity contribution in [1.29, 1.82) is 0 Å². The molecular weight excluding hydrogens is 394 g/mol. The van der Waals surface area contributed by atoms with Crippen molar-refractivity contribution in [2.24, 2.45) is 5.84 Å². The van der Waals surface area contributed by atoms with Crippen molar-refractivity contribution in [3.63, 3.8) is 0 Å². The highest BCUT2D eigenvalue weighted by molar-refractivity contribution is 9.10. The summed E-state index contributed by atoms with van der Waals surface area (Å²) >= 11 is 6.40. The molecular formula is C14H12Br2F2N2. The monoisotopic (exact) mass is 404 g/mol. The van der Waals surface area contributed by atoms with E-state index >= 15 is 0 Å². The Morgan fingerprint density at radius 1 is 1.05 bits per heavy atom. The fourth-order valence-corrected chi connectivity index (χ4v) is 2.56. The average molecular weight is 406 g/mol. The van der Waals surface area contributed by atoms with E-state index in [1.165, 1.54) is 12.1 Å². The highest BCUT2D eigenvalue weighted by Crippen LogP contribution is 2.26. The van der Waals surface area contributed by atoms with Crippen LogP contribution in [0.2, 0.25) is 0 Å². The number of nitrogens with two attached hydrogens (primary N) is 1. The summed E-state index contributed by atoms with van der Waals surface area (Å²) in [7, 11) is 0. The molecule has 0 spiro atoms. The van der Waals surface area contributed by atoms with Crippen molar-refractivity contribution in [3.8, 4) is 0 Å². The molecule has 0 bridgehead atoms. The normalized spacial score (nSPS) is 12.4. The maximum Gasteiger partial charge on any atom is 0.143 e. The van der Waals surface area contributed by atoms with Crippen LogP contribution < -0.4 is 11.3 Å². The second-order valence-corrected chi connectivity index (χ2v) is 6.07. The summed E-state index contributed by atoms with van der Waals surface area (Å²) in [5, 5.41) is 0. The molecule has 2 nitrogen and oxygen atoms in total. The van der Waals surface area contributed by atoms with Gasteiger partial charge in [-0.15, -0.1) is 0 Å². The Hall–Kier alpha value is -0.820. The fourth-order valence-electron chi connectivity index (χ4n) is 1.93. The summed E-state index contributed by atoms with van der Waals surface area (Å²) < 4.78 is 28.9. The number of hydrogen-bond donors (Lipinski definition) is 2. The molecule has 106 valence electrons. The van der Waals surface area contributed by atoms with Gasteiger partial charge < -0.3 is 0 Å². The van der Waals surface area contributed by atoms with Crippen LogP contribution in [0.15, 0.2) is 45.3 Å². The van der Waals surface area contributed by atoms with Crippen LogP contribution in [0.3, 0.4) is 0 Å². The lowest BCUT2D eigenvalue weighted by molar-refractivity contribution is 0.498. The van der Waals surface area contributed by atoms with Crippen molar-refractivity contribution in [3.05, 3.63) is 68.1 Å². The predicted molar refractivity (Wildman–Crippen MR) is 82.0 cm³/mol. The van der Waals surface area contributed by atoms with E-state index < -0.39 is 11.6 Å². The van der Waals surface area contributed by atoms with Gasteiger partial charge in [-0.2, -0.15) is 0 Å². The summed E-state index contributed by atoms with van der Waals surface area (Å²) in [5.41, 5.74) is 3.46. The molecule has 0 fully saturated rings. The molecule has 0 radical (unpaired) electrons. The Bertz CT molecular complexity index is 603. The Kier molecular flexibility index (Phi) is 5.26. The summed E-state index contributed by atoms with van der Waals surface area (Å²) in [6, 6.07) is 9.61. The van der Waals surface area contributed by atoms with Gasteiger partial charge in [0, 0.05) is 10.0 Å². The lowest BCUT2D eigenvalue weighted by atomic mass is 9.99. The van der Waals surface area contributed by atoms with E-state index in [1.807, 2.05) is 24.3 Å². The lowest BCUT2D eigenvalue weighted by Gasteiger charge is -2.17. The number of hydrogen-bond acceptors (Lipinski definition) is 2. The smallest absolute Gasteiger partial charge is 0.143 e. The van der Waals surface area contributed by atoms with E-state index in [0.29, 0.717) is 0 Å². The van der Waals surface area contributed by atoms with Crippen molar-refractivity contribution in [2.75, 3.05) is 0 Å². The molecule has 0 aromatic heterocycles. The summed E-state index contributed by atoms with van der Waals surface area (Å²) in [5.74, 6) is 4.34. The van der Waals surface area contributed by atoms with Gasteiger partial charge >= 0.3 is 0 Å². The van der Waals surface area contributed by atoms with E-state index in [-0.39, 0.29) is 22.5 Å². The summed E-state index contributed by atoms with van der Waals surface area (Å²) in [6.07, 6.45) is 0.120. The lowest BCUT2D eigenvalue weighted by Crippen LogP contribution is -2.30. The number of benzene rings is 2. The SMILES string of the molecule is NNC(Cc1c(F)ccc(Br)c1F)c1ccc(Br)cc1. The maximum absolute atomic E-state index is 14.0. The Labute approximate surface area is 132 Å². The second kappa shape index (κ2) is 6.76. The first kappa shape index (κ1) is 15.6. The third kappa shape index (κ3) is 3.44. The third-order valence-electron chi connectivity index (χ3n) is 3.02. The Balaban J connectivity index is 2.31. The van der Waals surface area contributed by atoms with Crippen LogP contribution in [-0.4, -0.2) is 0 Å². The molecule has 20 heavy (non-hydrogen) atoms. The van der Waals surface area contributed by atoms with E-state index in [4.69, 9.17) is 5.84 Å². The minimum Gasteiger partial charge on any atom is -0.271 e. The zero-order chi connectivity index (χ0) is 14.7. The topological polar surface area (TPSA) is 38.0 Å². The molecule has 2 aromatic rings. The molecule has 2 aromatic carbocycles. The van der Waals surface area contributed by atoms with Crippen molar-refractivity contribution < 1.29 is 8.78 Å². The zero-order valence-corrected chi connectivity index (χ0v) is 13.5. The molecule has 3 N–H and O–H groups in total. The van der Waals surface area contributed by atoms with Gasteiger partial charge in [0.1, 0.15) is 11.6 Å². The average Bonchev–Trinajstić information content (AvgIpc) is 2.45. The van der Waals surface area contributed by atoms with Gasteiger partial charge in [-0.25, -0.2) is 8.78 Å². The van der Waals surface area contributed by atoms with E-state index in [9.17, 15) is 8.78 Å². The largest absolute Gasteiger partial charge is 0.271 e. The van der Waals surface area contributed by atoms with Crippen LogP contribution in [0.5, 0.6) is 0 Å². The van der Waals surface area contributed by atoms with Crippen LogP contribution in [0.4, 0.5) is 8.78 Å². The van der Waals surface area contributed by atoms with Gasteiger partial charge in [0.05, 0.1) is 10.5 Å². The highest BCUT2D eigenvalue weighted by atomic mass is 79.9. The van der Waals surface area contributed by atoms with Crippen molar-refractivity contribution >= 4 is 31.9 Å². The maximum atomic E-state index is 14.0. The molecule has 6 heteroatoms. The van der Waals surface area contributed by atoms with Gasteiger partial charge in [-0.1, -0.05) is 28.1 Å². The van der Waals surface area contributed by atoms with E-state index in [0.717, 1.165) is 10.0 Å². The first-order chi connectivity index (χ1) is 9.52. The Morgan fingerprint density at radius 2 is 1.70 bits per heavy atom. The molecule has 0 heterocycles. The fraction of sp³-hybridized carbons (Fsp3) is 0.143. The molecule has 0 amide bonds. The van der Waals surface area contributed by atoms with Crippen LogP contribution in [0.1, 0.15) is 17.2 Å². The molecule has 0 aliphatic rings. The van der Waals surface area contributed by atoms with E-state index in [2.05, 4.69) is 37.3 Å². The first-order valence-electron chi connectivity index (χ1n) is 5.87. The van der Waals surface area contributed by atoms with Gasteiger partial charge in [0.2, 0.25) is 0 Å². The molecule has 0 aliphatic heterocycles. The van der Waals surface area contributed by atoms with Crippen molar-refractivity contribution in [2.45, 2.75) is 12.5 Å². The van der Waals surface area contributed by atoms with Gasteiger partial charge in [0.15, 0.2) is 0 Å². The molecule has 0 aliphatic carbocycles. The minimum atomic E-state index is -0.595. The summed E-state index contributed by atoms with van der Waals surface area (Å²) in [6.45, 7) is 0. The number of rotatable bonds is 4. The predicted octanol–water partition coefficient (Wildman–Crippen LogP) is 4.24. The van der Waals surface area contributed by atoms with Crippen molar-refractivity contribution in [1.82, 2.24) is 5.43 Å². The minimum absolute atomic E-state index is 0.00486. The molecule has 0 saturated carbocycles. The van der Waals surface area contributed by atoms with Crippen LogP contribution in [0, 0.1) is 11.6 Å². The highest BCUT2D eigenvalue weighted by Gasteiger charge is 2.18. The molecule has 1 atom stereocenters. The molecule has 0 saturated heterocycles. The quantitative estimate of drug-likeness (QED) is 0.453. The van der Waals surface area contributed by atoms with Crippen LogP contribution in [-0.2, 0) is 6.42 Å². The number of nitrogens with one attached hydrogen (secondary N) is 1. The summed E-state index contributed by atoms with van der Waals surface area (Å²) in [4.78, 5) is 0. The van der Waals surface area contributed by atoms with Gasteiger partial charge in [0.25, 0.3) is 0 Å². The van der Waals surface area contributed by atoms with Gasteiger partial charge in [-0.3, -0.25) is 11.3 Å². The van der Waals surface area contributed by atoms with Crippen LogP contribution in [0.25, 0.3) is 0 Å². The van der Waals surface area contributed by atoms with E-state index in [1.54, 1.807) is 0 Å².